The van der Waals surface area contributed by atoms with Gasteiger partial charge in [-0.15, -0.1) is 0 Å². The zero-order chi connectivity index (χ0) is 12.2. The fourth-order valence-corrected chi connectivity index (χ4v) is 1.69. The molecule has 0 radical (unpaired) electrons. The summed E-state index contributed by atoms with van der Waals surface area (Å²) in [6.45, 7) is 7.28. The van der Waals surface area contributed by atoms with Crippen LogP contribution < -0.4 is 0 Å². The Balaban J connectivity index is 2.37. The second kappa shape index (κ2) is 5.31. The van der Waals surface area contributed by atoms with Crippen LogP contribution in [0.3, 0.4) is 0 Å². The van der Waals surface area contributed by atoms with Crippen molar-refractivity contribution in [2.45, 2.75) is 39.7 Å². The van der Waals surface area contributed by atoms with Gasteiger partial charge in [-0.1, -0.05) is 0 Å². The Morgan fingerprint density at radius 3 is 2.50 bits per heavy atom. The lowest BCUT2D eigenvalue weighted by molar-refractivity contribution is -0.139. The van der Waals surface area contributed by atoms with Crippen LogP contribution in [0.5, 0.6) is 0 Å². The average Bonchev–Trinajstić information content (AvgIpc) is 2.27. The highest BCUT2D eigenvalue weighted by Crippen LogP contribution is 2.29. The zero-order valence-corrected chi connectivity index (χ0v) is 10.3. The van der Waals surface area contributed by atoms with Crippen LogP contribution in [0.25, 0.3) is 0 Å². The van der Waals surface area contributed by atoms with Crippen molar-refractivity contribution in [2.75, 3.05) is 19.7 Å². The molecule has 1 rings (SSSR count). The standard InChI is InChI=1S/C12H20N2O2/c1-10(2)16-8-11(15)14-6-4-12(3,9-13)5-7-14/h10H,4-8H2,1-3H3. The van der Waals surface area contributed by atoms with Crippen LogP contribution in [0.4, 0.5) is 0 Å². The highest BCUT2D eigenvalue weighted by atomic mass is 16.5. The van der Waals surface area contributed by atoms with Gasteiger partial charge < -0.3 is 9.64 Å². The number of piperidine rings is 1. The predicted octanol–water partition coefficient (Wildman–Crippen LogP) is 1.56. The van der Waals surface area contributed by atoms with Gasteiger partial charge in [-0.25, -0.2) is 0 Å². The first-order valence-corrected chi connectivity index (χ1v) is 5.77. The summed E-state index contributed by atoms with van der Waals surface area (Å²) in [5, 5.41) is 8.97. The number of carbonyl (C=O) groups is 1. The van der Waals surface area contributed by atoms with E-state index in [0.29, 0.717) is 13.1 Å². The minimum Gasteiger partial charge on any atom is -0.369 e. The monoisotopic (exact) mass is 224 g/mol. The Hall–Kier alpha value is -1.08. The number of carbonyl (C=O) groups excluding carboxylic acids is 1. The van der Waals surface area contributed by atoms with E-state index in [9.17, 15) is 4.79 Å². The van der Waals surface area contributed by atoms with E-state index in [4.69, 9.17) is 10.00 Å². The Bertz CT molecular complexity index is 286. The maximum absolute atomic E-state index is 11.7. The number of amides is 1. The Morgan fingerprint density at radius 1 is 1.50 bits per heavy atom. The molecule has 0 aromatic rings. The molecule has 4 nitrogen and oxygen atoms in total. The molecule has 1 saturated heterocycles. The van der Waals surface area contributed by atoms with Crippen molar-refractivity contribution in [1.82, 2.24) is 4.90 Å². The lowest BCUT2D eigenvalue weighted by Crippen LogP contribution is -2.43. The van der Waals surface area contributed by atoms with Crippen molar-refractivity contribution in [3.05, 3.63) is 0 Å². The van der Waals surface area contributed by atoms with Gasteiger partial charge in [-0.05, 0) is 33.6 Å². The van der Waals surface area contributed by atoms with E-state index < -0.39 is 0 Å². The molecule has 1 aliphatic heterocycles. The molecule has 0 N–H and O–H groups in total. The smallest absolute Gasteiger partial charge is 0.248 e. The zero-order valence-electron chi connectivity index (χ0n) is 10.3. The van der Waals surface area contributed by atoms with Gasteiger partial charge in [0.15, 0.2) is 0 Å². The van der Waals surface area contributed by atoms with Crippen LogP contribution in [-0.4, -0.2) is 36.6 Å². The average molecular weight is 224 g/mol. The molecule has 16 heavy (non-hydrogen) atoms. The van der Waals surface area contributed by atoms with Gasteiger partial charge in [0.1, 0.15) is 6.61 Å². The van der Waals surface area contributed by atoms with Crippen molar-refractivity contribution >= 4 is 5.91 Å². The van der Waals surface area contributed by atoms with Crippen LogP contribution in [-0.2, 0) is 9.53 Å². The molecule has 0 aromatic heterocycles. The topological polar surface area (TPSA) is 53.3 Å². The summed E-state index contributed by atoms with van der Waals surface area (Å²) >= 11 is 0. The second-order valence-corrected chi connectivity index (χ2v) is 4.91. The summed E-state index contributed by atoms with van der Waals surface area (Å²) < 4.78 is 5.28. The van der Waals surface area contributed by atoms with E-state index in [1.54, 1.807) is 4.90 Å². The number of nitriles is 1. The molecule has 0 aliphatic carbocycles. The number of likely N-dealkylation sites (tertiary alicyclic amines) is 1. The molecule has 90 valence electrons. The number of rotatable bonds is 3. The van der Waals surface area contributed by atoms with E-state index in [2.05, 4.69) is 6.07 Å². The van der Waals surface area contributed by atoms with E-state index in [1.807, 2.05) is 20.8 Å². The van der Waals surface area contributed by atoms with Crippen LogP contribution in [0, 0.1) is 16.7 Å². The van der Waals surface area contributed by atoms with E-state index >= 15 is 0 Å². The molecule has 1 fully saturated rings. The third-order valence-electron chi connectivity index (χ3n) is 3.03. The first-order valence-electron chi connectivity index (χ1n) is 5.77. The number of hydrogen-bond donors (Lipinski definition) is 0. The van der Waals surface area contributed by atoms with Crippen LogP contribution in [0.1, 0.15) is 33.6 Å². The number of ether oxygens (including phenoxy) is 1. The molecule has 0 bridgehead atoms. The minimum atomic E-state index is -0.254. The van der Waals surface area contributed by atoms with Gasteiger partial charge in [0.25, 0.3) is 0 Å². The van der Waals surface area contributed by atoms with E-state index in [0.717, 1.165) is 12.8 Å². The molecule has 0 spiro atoms. The molecule has 4 heteroatoms. The first kappa shape index (κ1) is 13.0. The first-order chi connectivity index (χ1) is 7.47. The minimum absolute atomic E-state index is 0.0358. The van der Waals surface area contributed by atoms with Crippen molar-refractivity contribution in [1.29, 1.82) is 5.26 Å². The fraction of sp³-hybridized carbons (Fsp3) is 0.833. The summed E-state index contributed by atoms with van der Waals surface area (Å²) in [5.41, 5.74) is -0.254. The van der Waals surface area contributed by atoms with Gasteiger partial charge in [0.05, 0.1) is 17.6 Å². The van der Waals surface area contributed by atoms with Gasteiger partial charge >= 0.3 is 0 Å². The maximum atomic E-state index is 11.7. The van der Waals surface area contributed by atoms with Crippen molar-refractivity contribution < 1.29 is 9.53 Å². The summed E-state index contributed by atoms with van der Waals surface area (Å²) in [5.74, 6) is 0.0358. The third kappa shape index (κ3) is 3.49. The Morgan fingerprint density at radius 2 is 2.06 bits per heavy atom. The van der Waals surface area contributed by atoms with Gasteiger partial charge in [-0.3, -0.25) is 4.79 Å². The van der Waals surface area contributed by atoms with Gasteiger partial charge in [-0.2, -0.15) is 5.26 Å². The quantitative estimate of drug-likeness (QED) is 0.731. The summed E-state index contributed by atoms with van der Waals surface area (Å²) in [7, 11) is 0. The molecule has 0 saturated carbocycles. The largest absolute Gasteiger partial charge is 0.369 e. The third-order valence-corrected chi connectivity index (χ3v) is 3.03. The van der Waals surface area contributed by atoms with Crippen molar-refractivity contribution in [3.63, 3.8) is 0 Å². The van der Waals surface area contributed by atoms with Gasteiger partial charge in [0, 0.05) is 13.1 Å². The highest BCUT2D eigenvalue weighted by Gasteiger charge is 2.31. The van der Waals surface area contributed by atoms with Crippen molar-refractivity contribution in [3.8, 4) is 6.07 Å². The molecule has 1 heterocycles. The van der Waals surface area contributed by atoms with Gasteiger partial charge in [0.2, 0.25) is 5.91 Å². The number of hydrogen-bond acceptors (Lipinski definition) is 3. The predicted molar refractivity (Wildman–Crippen MR) is 60.6 cm³/mol. The molecule has 1 amide bonds. The SMILES string of the molecule is CC(C)OCC(=O)N1CCC(C)(C#N)CC1. The summed E-state index contributed by atoms with van der Waals surface area (Å²) in [6.07, 6.45) is 1.60. The Kier molecular flexibility index (Phi) is 4.31. The second-order valence-electron chi connectivity index (χ2n) is 4.91. The van der Waals surface area contributed by atoms with Crippen LogP contribution in [0.2, 0.25) is 0 Å². The lowest BCUT2D eigenvalue weighted by atomic mass is 9.82. The fourth-order valence-electron chi connectivity index (χ4n) is 1.69. The van der Waals surface area contributed by atoms with E-state index in [1.165, 1.54) is 0 Å². The van der Waals surface area contributed by atoms with Crippen LogP contribution in [0.15, 0.2) is 0 Å². The Labute approximate surface area is 97.2 Å². The highest BCUT2D eigenvalue weighted by molar-refractivity contribution is 5.77. The van der Waals surface area contributed by atoms with Crippen molar-refractivity contribution in [2.24, 2.45) is 5.41 Å². The molecule has 0 atom stereocenters. The van der Waals surface area contributed by atoms with E-state index in [-0.39, 0.29) is 24.0 Å². The lowest BCUT2D eigenvalue weighted by Gasteiger charge is -2.34. The van der Waals surface area contributed by atoms with Crippen LogP contribution >= 0.6 is 0 Å². The summed E-state index contributed by atoms with van der Waals surface area (Å²) in [6, 6.07) is 2.32. The normalized spacial score (nSPS) is 19.6. The molecular formula is C12H20N2O2. The maximum Gasteiger partial charge on any atom is 0.248 e. The summed E-state index contributed by atoms with van der Waals surface area (Å²) in [4.78, 5) is 13.5. The molecular weight excluding hydrogens is 204 g/mol. The molecule has 1 aliphatic rings. The molecule has 0 unspecified atom stereocenters. The molecule has 0 aromatic carbocycles. The number of nitrogens with zero attached hydrogens (tertiary/aromatic N) is 2.